The summed E-state index contributed by atoms with van der Waals surface area (Å²) in [6.07, 6.45) is 0.696. The number of rotatable bonds is 9. The molecule has 2 unspecified atom stereocenters. The van der Waals surface area contributed by atoms with Gasteiger partial charge in [0.1, 0.15) is 0 Å². The van der Waals surface area contributed by atoms with E-state index in [1.165, 1.54) is 27.8 Å². The highest BCUT2D eigenvalue weighted by Gasteiger charge is 2.32. The summed E-state index contributed by atoms with van der Waals surface area (Å²) in [6.45, 7) is 6.40. The van der Waals surface area contributed by atoms with E-state index in [0.717, 1.165) is 16.5 Å². The molecule has 1 aromatic carbocycles. The Labute approximate surface area is 185 Å². The number of ketones is 1. The van der Waals surface area contributed by atoms with E-state index in [2.05, 4.69) is 22.4 Å². The number of hydrogen-bond acceptors (Lipinski definition) is 9. The van der Waals surface area contributed by atoms with Gasteiger partial charge < -0.3 is 10.1 Å². The molecule has 3 rings (SSSR count). The van der Waals surface area contributed by atoms with Crippen LogP contribution >= 0.6 is 23.1 Å². The molecule has 1 aliphatic rings. The third-order valence-corrected chi connectivity index (χ3v) is 8.46. The third-order valence-electron chi connectivity index (χ3n) is 4.42. The van der Waals surface area contributed by atoms with Crippen LogP contribution in [0.25, 0.3) is 0 Å². The number of nitrogens with one attached hydrogen (secondary N) is 1. The van der Waals surface area contributed by atoms with Gasteiger partial charge in [-0.25, -0.2) is 8.42 Å². The Morgan fingerprint density at radius 2 is 2.03 bits per heavy atom. The van der Waals surface area contributed by atoms with Crippen LogP contribution in [0.4, 0.5) is 5.13 Å². The maximum absolute atomic E-state index is 13.0. The van der Waals surface area contributed by atoms with Gasteiger partial charge in [-0.2, -0.15) is 4.31 Å². The van der Waals surface area contributed by atoms with Crippen molar-refractivity contribution in [1.29, 1.82) is 0 Å². The first-order valence-corrected chi connectivity index (χ1v) is 13.0. The average molecular weight is 471 g/mol. The zero-order valence-corrected chi connectivity index (χ0v) is 19.6. The molecular weight excluding hydrogens is 444 g/mol. The van der Waals surface area contributed by atoms with Crippen molar-refractivity contribution < 1.29 is 17.9 Å². The van der Waals surface area contributed by atoms with Crippen LogP contribution in [0.15, 0.2) is 33.5 Å². The molecule has 0 amide bonds. The Balaban J connectivity index is 1.67. The van der Waals surface area contributed by atoms with Crippen LogP contribution < -0.4 is 5.32 Å². The number of benzene rings is 1. The summed E-state index contributed by atoms with van der Waals surface area (Å²) >= 11 is 3.03. The van der Waals surface area contributed by atoms with Crippen LogP contribution in [0.2, 0.25) is 0 Å². The second-order valence-electron chi connectivity index (χ2n) is 7.11. The van der Waals surface area contributed by atoms with Crippen molar-refractivity contribution in [3.05, 3.63) is 29.8 Å². The predicted octanol–water partition coefficient (Wildman–Crippen LogP) is 3.13. The lowest BCUT2D eigenvalue weighted by atomic mass is 10.1. The van der Waals surface area contributed by atoms with E-state index in [1.54, 1.807) is 23.9 Å². The van der Waals surface area contributed by atoms with Crippen LogP contribution in [0, 0.1) is 0 Å². The van der Waals surface area contributed by atoms with Gasteiger partial charge in [0, 0.05) is 24.4 Å². The van der Waals surface area contributed by atoms with Crippen molar-refractivity contribution in [2.45, 2.75) is 48.6 Å². The van der Waals surface area contributed by atoms with Crippen LogP contribution in [-0.4, -0.2) is 66.3 Å². The molecule has 30 heavy (non-hydrogen) atoms. The number of Topliss-reactive ketones (excluding diaryl/α,β-unsaturated/α-hetero) is 1. The first kappa shape index (κ1) is 23.1. The number of anilines is 1. The predicted molar refractivity (Wildman–Crippen MR) is 119 cm³/mol. The fourth-order valence-electron chi connectivity index (χ4n) is 3.09. The van der Waals surface area contributed by atoms with Crippen molar-refractivity contribution in [1.82, 2.24) is 14.5 Å². The standard InChI is InChI=1S/C19H26N4O4S3/c1-4-8-28-19-22-21-18(29-19)20-10-17(24)15-6-5-7-16(9-15)30(25,26)23-11-13(2)27-14(3)12-23/h5-7,9,13-14H,4,8,10-12H2,1-3H3,(H,20,21). The monoisotopic (exact) mass is 470 g/mol. The fourth-order valence-corrected chi connectivity index (χ4v) is 6.40. The van der Waals surface area contributed by atoms with E-state index in [9.17, 15) is 13.2 Å². The first-order valence-electron chi connectivity index (χ1n) is 9.78. The van der Waals surface area contributed by atoms with Gasteiger partial charge in [-0.1, -0.05) is 42.2 Å². The van der Waals surface area contributed by atoms with Gasteiger partial charge in [0.15, 0.2) is 10.1 Å². The molecular formula is C19H26N4O4S3. The number of carbonyl (C=O) groups excluding carboxylic acids is 1. The van der Waals surface area contributed by atoms with E-state index in [1.807, 2.05) is 13.8 Å². The maximum atomic E-state index is 13.0. The van der Waals surface area contributed by atoms with Gasteiger partial charge >= 0.3 is 0 Å². The summed E-state index contributed by atoms with van der Waals surface area (Å²) < 4.78 is 34.0. The number of hydrogen-bond donors (Lipinski definition) is 1. The van der Waals surface area contributed by atoms with Gasteiger partial charge in [-0.15, -0.1) is 10.2 Å². The van der Waals surface area contributed by atoms with Gasteiger partial charge in [-0.3, -0.25) is 4.79 Å². The smallest absolute Gasteiger partial charge is 0.243 e. The molecule has 0 spiro atoms. The van der Waals surface area contributed by atoms with Crippen LogP contribution in [-0.2, 0) is 14.8 Å². The molecule has 1 N–H and O–H groups in total. The SMILES string of the molecule is CCCSc1nnc(NCC(=O)c2cccc(S(=O)(=O)N3CC(C)OC(C)C3)c2)s1. The molecule has 0 aliphatic carbocycles. The summed E-state index contributed by atoms with van der Waals surface area (Å²) in [5, 5.41) is 11.7. The lowest BCUT2D eigenvalue weighted by Gasteiger charge is -2.34. The number of nitrogens with zero attached hydrogens (tertiary/aromatic N) is 3. The van der Waals surface area contributed by atoms with E-state index in [4.69, 9.17) is 4.74 Å². The topological polar surface area (TPSA) is 101 Å². The van der Waals surface area contributed by atoms with Crippen molar-refractivity contribution in [2.75, 3.05) is 30.7 Å². The summed E-state index contributed by atoms with van der Waals surface area (Å²) in [4.78, 5) is 12.7. The maximum Gasteiger partial charge on any atom is 0.243 e. The lowest BCUT2D eigenvalue weighted by Crippen LogP contribution is -2.48. The Morgan fingerprint density at radius 3 is 2.73 bits per heavy atom. The molecule has 1 saturated heterocycles. The number of thioether (sulfide) groups is 1. The van der Waals surface area contributed by atoms with Crippen LogP contribution in [0.5, 0.6) is 0 Å². The molecule has 2 heterocycles. The van der Waals surface area contributed by atoms with Crippen molar-refractivity contribution in [2.24, 2.45) is 0 Å². The summed E-state index contributed by atoms with van der Waals surface area (Å²) in [5.74, 6) is 0.754. The fraction of sp³-hybridized carbons (Fsp3) is 0.526. The molecule has 1 aromatic heterocycles. The highest BCUT2D eigenvalue weighted by molar-refractivity contribution is 8.01. The van der Waals surface area contributed by atoms with Gasteiger partial charge in [0.2, 0.25) is 15.2 Å². The van der Waals surface area contributed by atoms with E-state index >= 15 is 0 Å². The lowest BCUT2D eigenvalue weighted by molar-refractivity contribution is -0.0440. The van der Waals surface area contributed by atoms with E-state index in [0.29, 0.717) is 23.8 Å². The summed E-state index contributed by atoms with van der Waals surface area (Å²) in [5.41, 5.74) is 0.336. The number of sulfonamides is 1. The summed E-state index contributed by atoms with van der Waals surface area (Å²) in [7, 11) is -3.70. The quantitative estimate of drug-likeness (QED) is 0.441. The largest absolute Gasteiger partial charge is 0.373 e. The Bertz CT molecular complexity index is 970. The van der Waals surface area contributed by atoms with Gasteiger partial charge in [0.05, 0.1) is 23.6 Å². The Morgan fingerprint density at radius 1 is 1.30 bits per heavy atom. The number of carbonyl (C=O) groups is 1. The molecule has 8 nitrogen and oxygen atoms in total. The Kier molecular flexibility index (Phi) is 7.86. The molecule has 2 aromatic rings. The zero-order chi connectivity index (χ0) is 21.7. The minimum Gasteiger partial charge on any atom is -0.373 e. The zero-order valence-electron chi connectivity index (χ0n) is 17.2. The van der Waals surface area contributed by atoms with Crippen molar-refractivity contribution in [3.63, 3.8) is 0 Å². The summed E-state index contributed by atoms with van der Waals surface area (Å²) in [6, 6.07) is 6.17. The minimum atomic E-state index is -3.70. The average Bonchev–Trinajstić information content (AvgIpc) is 3.17. The van der Waals surface area contributed by atoms with Gasteiger partial charge in [-0.05, 0) is 32.4 Å². The first-order chi connectivity index (χ1) is 14.3. The highest BCUT2D eigenvalue weighted by Crippen LogP contribution is 2.26. The molecule has 11 heteroatoms. The normalized spacial score (nSPS) is 20.2. The van der Waals surface area contributed by atoms with Crippen LogP contribution in [0.1, 0.15) is 37.6 Å². The molecule has 0 radical (unpaired) electrons. The molecule has 0 saturated carbocycles. The second kappa shape index (κ2) is 10.2. The minimum absolute atomic E-state index is 0.0161. The van der Waals surface area contributed by atoms with E-state index in [-0.39, 0.29) is 29.4 Å². The number of aromatic nitrogens is 2. The van der Waals surface area contributed by atoms with E-state index < -0.39 is 10.0 Å². The van der Waals surface area contributed by atoms with Crippen LogP contribution in [0.3, 0.4) is 0 Å². The molecule has 164 valence electrons. The third kappa shape index (κ3) is 5.79. The molecule has 1 fully saturated rings. The molecule has 1 aliphatic heterocycles. The van der Waals surface area contributed by atoms with Crippen molar-refractivity contribution in [3.8, 4) is 0 Å². The molecule has 0 bridgehead atoms. The Hall–Kier alpha value is -1.53. The van der Waals surface area contributed by atoms with Gasteiger partial charge in [0.25, 0.3) is 0 Å². The number of ether oxygens (including phenoxy) is 1. The van der Waals surface area contributed by atoms with Crippen molar-refractivity contribution >= 4 is 44.0 Å². The number of morpholine rings is 1. The highest BCUT2D eigenvalue weighted by atomic mass is 32.2. The molecule has 2 atom stereocenters. The second-order valence-corrected chi connectivity index (χ2v) is 11.4.